The second-order valence-corrected chi connectivity index (χ2v) is 16.2. The summed E-state index contributed by atoms with van der Waals surface area (Å²) in [5.74, 6) is 0.0171. The van der Waals surface area contributed by atoms with E-state index >= 15 is 0 Å². The van der Waals surface area contributed by atoms with Crippen LogP contribution in [0.3, 0.4) is 0 Å². The molecule has 0 radical (unpaired) electrons. The topological polar surface area (TPSA) is 96.9 Å². The molecule has 0 atom stereocenters. The molecule has 4 aromatic rings. The number of anilines is 2. The smallest absolute Gasteiger partial charge is 0.258 e. The van der Waals surface area contributed by atoms with Crippen molar-refractivity contribution in [2.45, 2.75) is 181 Å². The summed E-state index contributed by atoms with van der Waals surface area (Å²) in [4.78, 5) is 41.3. The number of hydrogen-bond acceptors (Lipinski definition) is 5. The molecule has 0 aliphatic heterocycles. The van der Waals surface area contributed by atoms with Crippen LogP contribution in [0.25, 0.3) is 11.4 Å². The summed E-state index contributed by atoms with van der Waals surface area (Å²) in [6.07, 6.45) is 32.8. The number of carbonyl (C=O) groups is 2. The van der Waals surface area contributed by atoms with Crippen LogP contribution in [-0.2, 0) is 12.8 Å². The molecule has 2 amide bonds. The van der Waals surface area contributed by atoms with Crippen molar-refractivity contribution in [2.75, 3.05) is 10.6 Å². The van der Waals surface area contributed by atoms with E-state index in [2.05, 4.69) is 39.4 Å². The first-order valence-corrected chi connectivity index (χ1v) is 23.2. The molecule has 0 unspecified atom stereocenters. The zero-order chi connectivity index (χ0) is 40.9. The number of carbonyl (C=O) groups excluding carboxylic acids is 2. The third kappa shape index (κ3) is 18.0. The highest BCUT2D eigenvalue weighted by molar-refractivity contribution is 6.06. The molecule has 3 aromatic carbocycles. The molecule has 0 saturated carbocycles. The van der Waals surface area contributed by atoms with Gasteiger partial charge in [-0.15, -0.1) is 0 Å². The summed E-state index contributed by atoms with van der Waals surface area (Å²) in [5.41, 5.74) is 4.02. The van der Waals surface area contributed by atoms with Crippen LogP contribution >= 0.6 is 0 Å². The minimum Gasteiger partial charge on any atom is -0.290 e. The number of aryl methyl sites for hydroxylation is 2. The summed E-state index contributed by atoms with van der Waals surface area (Å²) < 4.78 is 0. The van der Waals surface area contributed by atoms with Gasteiger partial charge in [0.15, 0.2) is 5.82 Å². The van der Waals surface area contributed by atoms with Crippen molar-refractivity contribution in [3.05, 3.63) is 101 Å². The lowest BCUT2D eigenvalue weighted by molar-refractivity contribution is 0.101. The van der Waals surface area contributed by atoms with Crippen LogP contribution in [0.15, 0.2) is 78.9 Å². The van der Waals surface area contributed by atoms with E-state index in [-0.39, 0.29) is 23.7 Å². The van der Waals surface area contributed by atoms with E-state index in [1.807, 2.05) is 78.9 Å². The number of benzene rings is 3. The number of nitrogens with zero attached hydrogens (tertiary/aromatic N) is 3. The first kappa shape index (κ1) is 46.3. The number of unbranched alkanes of at least 4 members (excludes halogenated alkanes) is 22. The Hall–Kier alpha value is -4.39. The molecule has 0 aliphatic carbocycles. The van der Waals surface area contributed by atoms with E-state index in [0.29, 0.717) is 17.0 Å². The average Bonchev–Trinajstić information content (AvgIpc) is 3.25. The van der Waals surface area contributed by atoms with Crippen LogP contribution in [0.2, 0.25) is 0 Å². The van der Waals surface area contributed by atoms with Crippen molar-refractivity contribution in [2.24, 2.45) is 0 Å². The molecule has 7 nitrogen and oxygen atoms in total. The molecule has 0 spiro atoms. The van der Waals surface area contributed by atoms with E-state index < -0.39 is 0 Å². The number of hydrogen-bond donors (Lipinski definition) is 2. The highest BCUT2D eigenvalue weighted by Gasteiger charge is 2.18. The Balaban J connectivity index is 1.30. The molecule has 0 fully saturated rings. The number of aromatic nitrogens is 3. The van der Waals surface area contributed by atoms with Gasteiger partial charge in [0, 0.05) is 16.7 Å². The number of nitrogens with one attached hydrogen (secondary N) is 2. The van der Waals surface area contributed by atoms with E-state index in [0.717, 1.165) is 55.2 Å². The van der Waals surface area contributed by atoms with Gasteiger partial charge in [-0.05, 0) is 48.9 Å². The summed E-state index contributed by atoms with van der Waals surface area (Å²) in [5, 5.41) is 5.87. The quantitative estimate of drug-likeness (QED) is 0.0495. The van der Waals surface area contributed by atoms with Crippen molar-refractivity contribution < 1.29 is 9.59 Å². The normalized spacial score (nSPS) is 11.1. The minimum atomic E-state index is -0.273. The van der Waals surface area contributed by atoms with Gasteiger partial charge in [0.05, 0.1) is 0 Å². The molecule has 1 heterocycles. The first-order valence-electron chi connectivity index (χ1n) is 23.2. The predicted molar refractivity (Wildman–Crippen MR) is 244 cm³/mol. The molecule has 0 aliphatic rings. The van der Waals surface area contributed by atoms with Gasteiger partial charge in [0.2, 0.25) is 11.9 Å². The molecule has 7 heteroatoms. The summed E-state index contributed by atoms with van der Waals surface area (Å²) in [7, 11) is 0. The molecule has 314 valence electrons. The monoisotopic (exact) mass is 788 g/mol. The lowest BCUT2D eigenvalue weighted by Gasteiger charge is -2.13. The Morgan fingerprint density at radius 2 is 0.724 bits per heavy atom. The summed E-state index contributed by atoms with van der Waals surface area (Å²) >= 11 is 0. The maximum Gasteiger partial charge on any atom is 0.258 e. The molecule has 1 aromatic heterocycles. The summed E-state index contributed by atoms with van der Waals surface area (Å²) in [6, 6.07) is 25.1. The second-order valence-electron chi connectivity index (χ2n) is 16.2. The Labute approximate surface area is 351 Å². The van der Waals surface area contributed by atoms with Crippen LogP contribution < -0.4 is 10.6 Å². The Bertz CT molecular complexity index is 1620. The average molecular weight is 788 g/mol. The van der Waals surface area contributed by atoms with Gasteiger partial charge < -0.3 is 0 Å². The fraction of sp³-hybridized carbons (Fsp3) is 0.549. The van der Waals surface area contributed by atoms with Crippen LogP contribution in [0.5, 0.6) is 0 Å². The van der Waals surface area contributed by atoms with Gasteiger partial charge >= 0.3 is 0 Å². The number of amides is 2. The van der Waals surface area contributed by atoms with Gasteiger partial charge in [-0.25, -0.2) is 0 Å². The van der Waals surface area contributed by atoms with E-state index in [4.69, 9.17) is 0 Å². The van der Waals surface area contributed by atoms with Gasteiger partial charge in [-0.1, -0.05) is 222 Å². The Morgan fingerprint density at radius 1 is 0.397 bits per heavy atom. The van der Waals surface area contributed by atoms with Crippen molar-refractivity contribution >= 4 is 23.7 Å². The molecule has 0 bridgehead atoms. The van der Waals surface area contributed by atoms with Gasteiger partial charge in [-0.3, -0.25) is 20.2 Å². The molecule has 4 rings (SSSR count). The van der Waals surface area contributed by atoms with Gasteiger partial charge in [-0.2, -0.15) is 15.0 Å². The fourth-order valence-electron chi connectivity index (χ4n) is 7.77. The van der Waals surface area contributed by atoms with Crippen LogP contribution in [0.4, 0.5) is 11.9 Å². The van der Waals surface area contributed by atoms with Crippen LogP contribution in [0, 0.1) is 0 Å². The van der Waals surface area contributed by atoms with E-state index in [9.17, 15) is 9.59 Å². The first-order chi connectivity index (χ1) is 28.6. The minimum absolute atomic E-state index is 0.0964. The zero-order valence-corrected chi connectivity index (χ0v) is 36.0. The highest BCUT2D eigenvalue weighted by atomic mass is 16.2. The molecular weight excluding hydrogens is 715 g/mol. The van der Waals surface area contributed by atoms with Crippen molar-refractivity contribution in [1.29, 1.82) is 0 Å². The van der Waals surface area contributed by atoms with E-state index in [1.54, 1.807) is 0 Å². The molecular formula is C51H73N5O2. The SMILES string of the molecule is CCCCCCCCCCCCCCc1ccccc1C(=O)Nc1nc(NC(=O)c2ccccc2CCCCCCCCCCCCCC)nc(-c2ccccc2)n1. The van der Waals surface area contributed by atoms with Crippen molar-refractivity contribution in [3.8, 4) is 11.4 Å². The van der Waals surface area contributed by atoms with Gasteiger partial charge in [0.25, 0.3) is 11.8 Å². The second kappa shape index (κ2) is 28.9. The molecule has 0 saturated heterocycles. The zero-order valence-electron chi connectivity index (χ0n) is 36.0. The standard InChI is InChI=1S/C51H73N5O2/c1-3-5-7-9-11-13-15-17-19-21-23-26-34-42-36-30-32-40-45(42)48(57)54-50-52-47(44-38-28-25-29-39-44)53-51(56-50)55-49(58)46-41-33-31-37-43(46)35-27-24-22-20-18-16-14-12-10-8-6-4-2/h25,28-33,36-41H,3-24,26-27,34-35H2,1-2H3,(H2,52,53,54,55,56,57,58). The maximum absolute atomic E-state index is 13.8. The third-order valence-corrected chi connectivity index (χ3v) is 11.2. The highest BCUT2D eigenvalue weighted by Crippen LogP contribution is 2.22. The third-order valence-electron chi connectivity index (χ3n) is 11.2. The molecule has 2 N–H and O–H groups in total. The van der Waals surface area contributed by atoms with Crippen molar-refractivity contribution in [1.82, 2.24) is 15.0 Å². The molecule has 58 heavy (non-hydrogen) atoms. The Kier molecular flexibility index (Phi) is 23.1. The predicted octanol–water partition coefficient (Wildman–Crippen LogP) is 14.5. The van der Waals surface area contributed by atoms with Crippen LogP contribution in [0.1, 0.15) is 200 Å². The summed E-state index contributed by atoms with van der Waals surface area (Å²) in [6.45, 7) is 4.54. The lowest BCUT2D eigenvalue weighted by Crippen LogP contribution is -2.20. The Morgan fingerprint density at radius 3 is 1.10 bits per heavy atom. The fourth-order valence-corrected chi connectivity index (χ4v) is 7.77. The van der Waals surface area contributed by atoms with Gasteiger partial charge in [0.1, 0.15) is 0 Å². The maximum atomic E-state index is 13.8. The largest absolute Gasteiger partial charge is 0.290 e. The van der Waals surface area contributed by atoms with Crippen LogP contribution in [-0.4, -0.2) is 26.8 Å². The van der Waals surface area contributed by atoms with Crippen molar-refractivity contribution in [3.63, 3.8) is 0 Å². The lowest BCUT2D eigenvalue weighted by atomic mass is 9.99. The number of rotatable bonds is 31. The van der Waals surface area contributed by atoms with E-state index in [1.165, 1.54) is 128 Å².